The van der Waals surface area contributed by atoms with Crippen LogP contribution in [-0.2, 0) is 9.59 Å². The molecule has 2 aromatic rings. The summed E-state index contributed by atoms with van der Waals surface area (Å²) >= 11 is 5.92. The Bertz CT molecular complexity index is 955. The third-order valence-electron chi connectivity index (χ3n) is 4.61. The third kappa shape index (κ3) is 5.72. The molecule has 1 aliphatic heterocycles. The molecule has 0 spiro atoms. The van der Waals surface area contributed by atoms with Crippen molar-refractivity contribution in [2.24, 2.45) is 5.10 Å². The van der Waals surface area contributed by atoms with Crippen molar-refractivity contribution < 1.29 is 23.8 Å². The van der Waals surface area contributed by atoms with Gasteiger partial charge in [0.25, 0.3) is 5.91 Å². The van der Waals surface area contributed by atoms with Crippen LogP contribution >= 0.6 is 11.6 Å². The monoisotopic (exact) mass is 446 g/mol. The Labute approximate surface area is 184 Å². The Kier molecular flexibility index (Phi) is 7.45. The van der Waals surface area contributed by atoms with Crippen LogP contribution in [0.1, 0.15) is 30.5 Å². The minimum Gasteiger partial charge on any atom is -0.493 e. The highest BCUT2D eigenvalue weighted by Crippen LogP contribution is 2.38. The molecule has 0 radical (unpaired) electrons. The van der Waals surface area contributed by atoms with Crippen molar-refractivity contribution in [3.05, 3.63) is 52.5 Å². The van der Waals surface area contributed by atoms with Gasteiger partial charge in [-0.15, -0.1) is 0 Å². The van der Waals surface area contributed by atoms with Crippen LogP contribution in [-0.4, -0.2) is 38.4 Å². The molecule has 31 heavy (non-hydrogen) atoms. The van der Waals surface area contributed by atoms with Gasteiger partial charge < -0.3 is 14.2 Å². The summed E-state index contributed by atoms with van der Waals surface area (Å²) in [7, 11) is 2.89. The van der Waals surface area contributed by atoms with Crippen molar-refractivity contribution in [3.8, 4) is 17.2 Å². The van der Waals surface area contributed by atoms with Crippen LogP contribution < -0.4 is 30.5 Å². The molecule has 0 saturated carbocycles. The molecule has 10 heteroatoms. The summed E-state index contributed by atoms with van der Waals surface area (Å²) in [5, 5.41) is 4.67. The van der Waals surface area contributed by atoms with E-state index in [-0.39, 0.29) is 17.7 Å². The Morgan fingerprint density at radius 1 is 1.13 bits per heavy atom. The van der Waals surface area contributed by atoms with Gasteiger partial charge in [-0.25, -0.2) is 16.3 Å². The van der Waals surface area contributed by atoms with Gasteiger partial charge in [-0.2, -0.15) is 5.10 Å². The lowest BCUT2D eigenvalue weighted by Gasteiger charge is -2.13. The number of nitrogens with zero attached hydrogens (tertiary/aromatic N) is 1. The molecule has 0 bridgehead atoms. The minimum absolute atomic E-state index is 0.0145. The van der Waals surface area contributed by atoms with Crippen LogP contribution in [0.3, 0.4) is 0 Å². The third-order valence-corrected chi connectivity index (χ3v) is 4.86. The van der Waals surface area contributed by atoms with Crippen LogP contribution in [0.4, 0.5) is 0 Å². The molecule has 9 nitrogen and oxygen atoms in total. The number of carbonyl (C=O) groups excluding carboxylic acids is 2. The van der Waals surface area contributed by atoms with Crippen LogP contribution in [0.5, 0.6) is 17.2 Å². The van der Waals surface area contributed by atoms with E-state index in [1.54, 1.807) is 12.1 Å². The average molecular weight is 447 g/mol. The van der Waals surface area contributed by atoms with Gasteiger partial charge in [-0.05, 0) is 36.2 Å². The number of benzene rings is 2. The van der Waals surface area contributed by atoms with Crippen molar-refractivity contribution in [1.82, 2.24) is 16.3 Å². The number of amides is 1. The van der Waals surface area contributed by atoms with Gasteiger partial charge >= 0.3 is 5.97 Å². The second-order valence-corrected chi connectivity index (χ2v) is 7.20. The molecule has 1 aliphatic rings. The maximum Gasteiger partial charge on any atom is 0.308 e. The van der Waals surface area contributed by atoms with Gasteiger partial charge in [0.1, 0.15) is 6.04 Å². The van der Waals surface area contributed by atoms with Crippen LogP contribution in [0.15, 0.2) is 41.5 Å². The summed E-state index contributed by atoms with van der Waals surface area (Å²) in [6.45, 7) is 1.28. The first-order chi connectivity index (χ1) is 14.9. The van der Waals surface area contributed by atoms with Gasteiger partial charge in [0.2, 0.25) is 5.75 Å². The Morgan fingerprint density at radius 2 is 1.77 bits per heavy atom. The van der Waals surface area contributed by atoms with Crippen molar-refractivity contribution in [3.63, 3.8) is 0 Å². The summed E-state index contributed by atoms with van der Waals surface area (Å²) in [5.41, 5.74) is 10.2. The Hall–Kier alpha value is -3.14. The number of hydrogen-bond donors (Lipinski definition) is 3. The van der Waals surface area contributed by atoms with Crippen molar-refractivity contribution >= 4 is 29.7 Å². The van der Waals surface area contributed by atoms with E-state index in [1.165, 1.54) is 27.4 Å². The van der Waals surface area contributed by atoms with Gasteiger partial charge in [0.15, 0.2) is 11.5 Å². The number of halogens is 1. The number of carbonyl (C=O) groups is 2. The van der Waals surface area contributed by atoms with E-state index in [1.807, 2.05) is 24.3 Å². The molecule has 3 rings (SSSR count). The lowest BCUT2D eigenvalue weighted by Crippen LogP contribution is -2.41. The second-order valence-electron chi connectivity index (χ2n) is 6.76. The largest absolute Gasteiger partial charge is 0.493 e. The summed E-state index contributed by atoms with van der Waals surface area (Å²) in [6.07, 6.45) is 2.00. The van der Waals surface area contributed by atoms with Gasteiger partial charge in [-0.1, -0.05) is 23.7 Å². The summed E-state index contributed by atoms with van der Waals surface area (Å²) < 4.78 is 15.7. The van der Waals surface area contributed by atoms with E-state index in [9.17, 15) is 9.59 Å². The maximum atomic E-state index is 12.4. The van der Waals surface area contributed by atoms with E-state index >= 15 is 0 Å². The smallest absolute Gasteiger partial charge is 0.308 e. The quantitative estimate of drug-likeness (QED) is 0.259. The number of ether oxygens (including phenoxy) is 3. The van der Waals surface area contributed by atoms with Gasteiger partial charge in [0, 0.05) is 23.6 Å². The number of rotatable bonds is 7. The zero-order valence-electron chi connectivity index (χ0n) is 17.3. The highest BCUT2D eigenvalue weighted by atomic mass is 35.5. The molecule has 2 unspecified atom stereocenters. The molecule has 1 saturated heterocycles. The highest BCUT2D eigenvalue weighted by Gasteiger charge is 2.30. The minimum atomic E-state index is -0.500. The molecule has 3 N–H and O–H groups in total. The van der Waals surface area contributed by atoms with Crippen molar-refractivity contribution in [2.75, 3.05) is 14.2 Å². The number of methoxy groups -OCH3 is 2. The SMILES string of the molecule is COc1cc(/C=N/NC(=O)C2CC(c3ccc(Cl)cc3)NN2)cc(OC)c1OC(C)=O. The zero-order chi connectivity index (χ0) is 22.4. The molecular weight excluding hydrogens is 424 g/mol. The van der Waals surface area contributed by atoms with Crippen LogP contribution in [0, 0.1) is 0 Å². The fourth-order valence-corrected chi connectivity index (χ4v) is 3.24. The predicted octanol–water partition coefficient (Wildman–Crippen LogP) is 2.34. The first kappa shape index (κ1) is 22.5. The fraction of sp³-hybridized carbons (Fsp3) is 0.286. The number of hydrazone groups is 1. The molecule has 0 aromatic heterocycles. The molecular formula is C21H23ClN4O5. The topological polar surface area (TPSA) is 110 Å². The highest BCUT2D eigenvalue weighted by molar-refractivity contribution is 6.30. The number of hydrogen-bond acceptors (Lipinski definition) is 8. The molecule has 2 atom stereocenters. The first-order valence-corrected chi connectivity index (χ1v) is 9.83. The summed E-state index contributed by atoms with van der Waals surface area (Å²) in [4.78, 5) is 23.7. The fourth-order valence-electron chi connectivity index (χ4n) is 3.11. The number of esters is 1. The zero-order valence-corrected chi connectivity index (χ0v) is 18.0. The van der Waals surface area contributed by atoms with E-state index in [2.05, 4.69) is 21.4 Å². The lowest BCUT2D eigenvalue weighted by molar-refractivity contribution is -0.132. The van der Waals surface area contributed by atoms with Crippen molar-refractivity contribution in [1.29, 1.82) is 0 Å². The summed E-state index contributed by atoms with van der Waals surface area (Å²) in [6, 6.07) is 10.2. The number of hydrazine groups is 1. The van der Waals surface area contributed by atoms with E-state index in [0.29, 0.717) is 28.5 Å². The van der Waals surface area contributed by atoms with E-state index in [4.69, 9.17) is 25.8 Å². The predicted molar refractivity (Wildman–Crippen MR) is 115 cm³/mol. The molecule has 1 heterocycles. The Balaban J connectivity index is 1.63. The van der Waals surface area contributed by atoms with Gasteiger partial charge in [-0.3, -0.25) is 9.59 Å². The summed E-state index contributed by atoms with van der Waals surface area (Å²) in [5.74, 6) is -0.00623. The normalized spacial score (nSPS) is 18.1. The van der Waals surface area contributed by atoms with Crippen LogP contribution in [0.25, 0.3) is 0 Å². The molecule has 0 aliphatic carbocycles. The van der Waals surface area contributed by atoms with Crippen LogP contribution in [0.2, 0.25) is 5.02 Å². The van der Waals surface area contributed by atoms with Crippen molar-refractivity contribution in [2.45, 2.75) is 25.4 Å². The molecule has 164 valence electrons. The number of nitrogens with one attached hydrogen (secondary N) is 3. The molecule has 1 amide bonds. The Morgan fingerprint density at radius 3 is 2.35 bits per heavy atom. The second kappa shape index (κ2) is 10.3. The standard InChI is InChI=1S/C21H23ClN4O5/c1-12(27)31-20-18(29-2)8-13(9-19(20)30-3)11-23-26-21(28)17-10-16(24-25-17)14-4-6-15(22)7-5-14/h4-9,11,16-17,24-25H,10H2,1-3H3,(H,26,28)/b23-11+. The molecule has 1 fully saturated rings. The first-order valence-electron chi connectivity index (χ1n) is 9.45. The van der Waals surface area contributed by atoms with Gasteiger partial charge in [0.05, 0.1) is 20.4 Å². The lowest BCUT2D eigenvalue weighted by atomic mass is 10.0. The molecule has 2 aromatic carbocycles. The average Bonchev–Trinajstić information content (AvgIpc) is 3.25. The van der Waals surface area contributed by atoms with E-state index < -0.39 is 12.0 Å². The van der Waals surface area contributed by atoms with E-state index in [0.717, 1.165) is 5.56 Å². The maximum absolute atomic E-state index is 12.4.